The molecule has 0 saturated carbocycles. The maximum atomic E-state index is 13.6. The summed E-state index contributed by atoms with van der Waals surface area (Å²) in [7, 11) is 0. The van der Waals surface area contributed by atoms with Gasteiger partial charge in [0, 0.05) is 43.9 Å². The van der Waals surface area contributed by atoms with E-state index in [0.29, 0.717) is 6.07 Å². The summed E-state index contributed by atoms with van der Waals surface area (Å²) in [5, 5.41) is 3.17. The Bertz CT molecular complexity index is 403. The predicted octanol–water partition coefficient (Wildman–Crippen LogP) is 2.07. The van der Waals surface area contributed by atoms with Crippen LogP contribution >= 0.6 is 0 Å². The maximum Gasteiger partial charge on any atom is 0.163 e. The minimum Gasteiger partial charge on any atom is -0.314 e. The molecule has 5 heteroatoms. The molecule has 0 amide bonds. The summed E-state index contributed by atoms with van der Waals surface area (Å²) >= 11 is 0. The van der Waals surface area contributed by atoms with Crippen LogP contribution in [-0.2, 0) is 0 Å². The zero-order valence-corrected chi connectivity index (χ0v) is 9.64. The minimum atomic E-state index is -1.12. The smallest absolute Gasteiger partial charge is 0.163 e. The third-order valence-electron chi connectivity index (χ3n) is 3.17. The van der Waals surface area contributed by atoms with E-state index in [-0.39, 0.29) is 11.6 Å². The van der Waals surface area contributed by atoms with Gasteiger partial charge >= 0.3 is 0 Å². The summed E-state index contributed by atoms with van der Waals surface area (Å²) < 4.78 is 39.8. The Kier molecular flexibility index (Phi) is 3.69. The van der Waals surface area contributed by atoms with Gasteiger partial charge in [-0.15, -0.1) is 0 Å². The number of nitrogens with zero attached hydrogens (tertiary/aromatic N) is 1. The van der Waals surface area contributed by atoms with Crippen LogP contribution in [0.4, 0.5) is 13.2 Å². The van der Waals surface area contributed by atoms with E-state index < -0.39 is 17.5 Å². The summed E-state index contributed by atoms with van der Waals surface area (Å²) in [5.74, 6) is -2.81. The van der Waals surface area contributed by atoms with Gasteiger partial charge in [0.15, 0.2) is 11.6 Å². The molecule has 1 unspecified atom stereocenters. The van der Waals surface area contributed by atoms with Gasteiger partial charge in [0.05, 0.1) is 0 Å². The number of rotatable bonds is 2. The highest BCUT2D eigenvalue weighted by Gasteiger charge is 2.23. The standard InChI is InChI=1S/C12H15F3N2/c1-8(17-4-2-16-3-5-17)10-6-9(13)7-11(14)12(10)15/h6-8,16H,2-5H2,1H3. The molecular formula is C12H15F3N2. The van der Waals surface area contributed by atoms with Crippen LogP contribution in [0.1, 0.15) is 18.5 Å². The second-order valence-corrected chi connectivity index (χ2v) is 4.25. The molecule has 0 bridgehead atoms. The highest BCUT2D eigenvalue weighted by Crippen LogP contribution is 2.25. The number of hydrogen-bond acceptors (Lipinski definition) is 2. The highest BCUT2D eigenvalue weighted by atomic mass is 19.2. The van der Waals surface area contributed by atoms with E-state index in [4.69, 9.17) is 0 Å². The molecule has 1 atom stereocenters. The number of piperazine rings is 1. The molecule has 1 saturated heterocycles. The van der Waals surface area contributed by atoms with Crippen LogP contribution in [0.15, 0.2) is 12.1 Å². The van der Waals surface area contributed by atoms with E-state index in [2.05, 4.69) is 5.32 Å². The van der Waals surface area contributed by atoms with Crippen LogP contribution in [-0.4, -0.2) is 31.1 Å². The van der Waals surface area contributed by atoms with Gasteiger partial charge in [0.25, 0.3) is 0 Å². The number of benzene rings is 1. The lowest BCUT2D eigenvalue weighted by Crippen LogP contribution is -2.44. The van der Waals surface area contributed by atoms with Crippen molar-refractivity contribution in [3.05, 3.63) is 35.1 Å². The van der Waals surface area contributed by atoms with Crippen LogP contribution in [0, 0.1) is 17.5 Å². The molecule has 1 aromatic carbocycles. The molecule has 1 fully saturated rings. The summed E-state index contributed by atoms with van der Waals surface area (Å²) in [5.41, 5.74) is 0.0874. The van der Waals surface area contributed by atoms with Crippen molar-refractivity contribution in [3.63, 3.8) is 0 Å². The number of hydrogen-bond donors (Lipinski definition) is 1. The van der Waals surface area contributed by atoms with Gasteiger partial charge in [-0.05, 0) is 13.0 Å². The van der Waals surface area contributed by atoms with Crippen LogP contribution in [0.25, 0.3) is 0 Å². The molecule has 17 heavy (non-hydrogen) atoms. The van der Waals surface area contributed by atoms with Crippen molar-refractivity contribution < 1.29 is 13.2 Å². The van der Waals surface area contributed by atoms with Crippen molar-refractivity contribution in [2.75, 3.05) is 26.2 Å². The summed E-state index contributed by atoms with van der Waals surface area (Å²) in [6.07, 6.45) is 0. The van der Waals surface area contributed by atoms with E-state index in [1.165, 1.54) is 0 Å². The van der Waals surface area contributed by atoms with E-state index in [0.717, 1.165) is 32.2 Å². The van der Waals surface area contributed by atoms with Crippen LogP contribution in [0.5, 0.6) is 0 Å². The third kappa shape index (κ3) is 2.61. The minimum absolute atomic E-state index is 0.0874. The van der Waals surface area contributed by atoms with Gasteiger partial charge in [0.1, 0.15) is 5.82 Å². The Morgan fingerprint density at radius 2 is 1.82 bits per heavy atom. The molecule has 94 valence electrons. The Morgan fingerprint density at radius 3 is 2.47 bits per heavy atom. The van der Waals surface area contributed by atoms with Gasteiger partial charge in [-0.2, -0.15) is 0 Å². The molecule has 0 aromatic heterocycles. The van der Waals surface area contributed by atoms with Gasteiger partial charge < -0.3 is 5.32 Å². The van der Waals surface area contributed by atoms with E-state index in [9.17, 15) is 13.2 Å². The average Bonchev–Trinajstić information content (AvgIpc) is 2.34. The van der Waals surface area contributed by atoms with Crippen LogP contribution < -0.4 is 5.32 Å². The first-order valence-electron chi connectivity index (χ1n) is 5.69. The predicted molar refractivity (Wildman–Crippen MR) is 59.2 cm³/mol. The molecular weight excluding hydrogens is 229 g/mol. The number of nitrogens with one attached hydrogen (secondary N) is 1. The van der Waals surface area contributed by atoms with Crippen molar-refractivity contribution >= 4 is 0 Å². The Morgan fingerprint density at radius 1 is 1.18 bits per heavy atom. The van der Waals surface area contributed by atoms with Gasteiger partial charge in [0.2, 0.25) is 0 Å². The van der Waals surface area contributed by atoms with Gasteiger partial charge in [-0.3, -0.25) is 4.90 Å². The molecule has 1 heterocycles. The fraction of sp³-hybridized carbons (Fsp3) is 0.500. The lowest BCUT2D eigenvalue weighted by Gasteiger charge is -2.33. The zero-order chi connectivity index (χ0) is 12.4. The van der Waals surface area contributed by atoms with Crippen molar-refractivity contribution in [1.29, 1.82) is 0 Å². The van der Waals surface area contributed by atoms with Gasteiger partial charge in [-0.1, -0.05) is 0 Å². The fourth-order valence-corrected chi connectivity index (χ4v) is 2.15. The average molecular weight is 244 g/mol. The van der Waals surface area contributed by atoms with Crippen molar-refractivity contribution in [3.8, 4) is 0 Å². The first-order chi connectivity index (χ1) is 8.09. The Balaban J connectivity index is 2.26. The topological polar surface area (TPSA) is 15.3 Å². The second-order valence-electron chi connectivity index (χ2n) is 4.25. The van der Waals surface area contributed by atoms with Crippen LogP contribution in [0.3, 0.4) is 0 Å². The first kappa shape index (κ1) is 12.4. The SMILES string of the molecule is CC(c1cc(F)cc(F)c1F)N1CCNCC1. The van der Waals surface area contributed by atoms with E-state index in [1.54, 1.807) is 6.92 Å². The molecule has 1 N–H and O–H groups in total. The first-order valence-corrected chi connectivity index (χ1v) is 5.69. The Hall–Kier alpha value is -1.07. The fourth-order valence-electron chi connectivity index (χ4n) is 2.15. The normalized spacial score (nSPS) is 19.3. The molecule has 2 nitrogen and oxygen atoms in total. The number of halogens is 3. The highest BCUT2D eigenvalue weighted by molar-refractivity contribution is 5.23. The molecule has 0 radical (unpaired) electrons. The van der Waals surface area contributed by atoms with E-state index >= 15 is 0 Å². The summed E-state index contributed by atoms with van der Waals surface area (Å²) in [4.78, 5) is 2.01. The molecule has 1 aliphatic rings. The molecule has 0 spiro atoms. The lowest BCUT2D eigenvalue weighted by molar-refractivity contribution is 0.181. The third-order valence-corrected chi connectivity index (χ3v) is 3.17. The van der Waals surface area contributed by atoms with Gasteiger partial charge in [-0.25, -0.2) is 13.2 Å². The largest absolute Gasteiger partial charge is 0.314 e. The molecule has 0 aliphatic carbocycles. The van der Waals surface area contributed by atoms with E-state index in [1.807, 2.05) is 4.90 Å². The second kappa shape index (κ2) is 5.06. The summed E-state index contributed by atoms with van der Waals surface area (Å²) in [6, 6.07) is 1.33. The maximum absolute atomic E-state index is 13.6. The van der Waals surface area contributed by atoms with Crippen molar-refractivity contribution in [1.82, 2.24) is 10.2 Å². The van der Waals surface area contributed by atoms with Crippen LogP contribution in [0.2, 0.25) is 0 Å². The van der Waals surface area contributed by atoms with Crippen molar-refractivity contribution in [2.45, 2.75) is 13.0 Å². The molecule has 1 aromatic rings. The lowest BCUT2D eigenvalue weighted by atomic mass is 10.0. The van der Waals surface area contributed by atoms with Crippen molar-refractivity contribution in [2.24, 2.45) is 0 Å². The molecule has 1 aliphatic heterocycles. The quantitative estimate of drug-likeness (QED) is 0.801. The molecule has 2 rings (SSSR count). The summed E-state index contributed by atoms with van der Waals surface area (Å²) in [6.45, 7) is 4.88. The Labute approximate surface area is 98.4 Å². The monoisotopic (exact) mass is 244 g/mol. The zero-order valence-electron chi connectivity index (χ0n) is 9.64.